The zero-order valence-corrected chi connectivity index (χ0v) is 17.6. The molecule has 30 heavy (non-hydrogen) atoms. The lowest BCUT2D eigenvalue weighted by atomic mass is 9.58. The molecule has 3 heteroatoms. The summed E-state index contributed by atoms with van der Waals surface area (Å²) < 4.78 is 7.23. The van der Waals surface area contributed by atoms with Crippen molar-refractivity contribution in [2.45, 2.75) is 63.1 Å². The van der Waals surface area contributed by atoms with E-state index in [0.717, 1.165) is 50.5 Å². The van der Waals surface area contributed by atoms with Gasteiger partial charge in [0, 0.05) is 23.1 Å². The number of nitrogens with one attached hydrogen (secondary N) is 1. The summed E-state index contributed by atoms with van der Waals surface area (Å²) in [5.41, 5.74) is 8.23. The predicted molar refractivity (Wildman–Crippen MR) is 120 cm³/mol. The van der Waals surface area contributed by atoms with Crippen LogP contribution in [-0.4, -0.2) is 21.4 Å². The van der Waals surface area contributed by atoms with E-state index in [-0.39, 0.29) is 16.6 Å². The van der Waals surface area contributed by atoms with Crippen LogP contribution in [0, 0.1) is 11.3 Å². The van der Waals surface area contributed by atoms with Gasteiger partial charge in [-0.05, 0) is 66.9 Å². The third kappa shape index (κ3) is 1.98. The lowest BCUT2D eigenvalue weighted by Gasteiger charge is -2.53. The molecule has 1 aromatic heterocycles. The van der Waals surface area contributed by atoms with Gasteiger partial charge in [0.2, 0.25) is 0 Å². The topological polar surface area (TPSA) is 37.9 Å². The van der Waals surface area contributed by atoms with Gasteiger partial charge in [0.1, 0.15) is 0 Å². The van der Waals surface area contributed by atoms with Crippen molar-refractivity contribution in [1.29, 1.82) is 0 Å². The first-order valence-corrected chi connectivity index (χ1v) is 11.5. The maximum Gasteiger partial charge on any atom is 0.0981 e. The summed E-state index contributed by atoms with van der Waals surface area (Å²) in [6.07, 6.45) is 17.2. The lowest BCUT2D eigenvalue weighted by molar-refractivity contribution is -0.123. The molecule has 2 spiro atoms. The first-order chi connectivity index (χ1) is 14.5. The van der Waals surface area contributed by atoms with Gasteiger partial charge in [0.05, 0.1) is 22.9 Å². The molecule has 7 rings (SSSR count). The van der Waals surface area contributed by atoms with Crippen LogP contribution >= 0.6 is 0 Å². The van der Waals surface area contributed by atoms with Crippen molar-refractivity contribution < 1.29 is 4.74 Å². The zero-order chi connectivity index (χ0) is 20.1. The van der Waals surface area contributed by atoms with E-state index in [0.29, 0.717) is 5.92 Å². The molecular weight excluding hydrogens is 368 g/mol. The number of aromatic nitrogens is 2. The number of ether oxygens (including phenoxy) is 1. The van der Waals surface area contributed by atoms with Gasteiger partial charge in [-0.2, -0.15) is 5.10 Å². The lowest BCUT2D eigenvalue weighted by Crippen LogP contribution is -2.53. The summed E-state index contributed by atoms with van der Waals surface area (Å²) in [5.74, 6) is 0.504. The highest BCUT2D eigenvalue weighted by molar-refractivity contribution is 5.84. The highest BCUT2D eigenvalue weighted by Crippen LogP contribution is 2.67. The first kappa shape index (κ1) is 17.3. The van der Waals surface area contributed by atoms with Crippen LogP contribution in [0.25, 0.3) is 16.5 Å². The largest absolute Gasteiger partial charge is 0.359 e. The minimum Gasteiger partial charge on any atom is -0.359 e. The molecule has 1 saturated carbocycles. The Morgan fingerprint density at radius 1 is 1.20 bits per heavy atom. The average Bonchev–Trinajstić information content (AvgIpc) is 3.41. The van der Waals surface area contributed by atoms with Gasteiger partial charge in [-0.3, -0.25) is 5.10 Å². The summed E-state index contributed by atoms with van der Waals surface area (Å²) in [5, 5.41) is 8.52. The average molecular weight is 397 g/mol. The number of hydrogen-bond acceptors (Lipinski definition) is 2. The zero-order valence-electron chi connectivity index (χ0n) is 17.6. The molecule has 5 aliphatic rings. The molecule has 0 amide bonds. The van der Waals surface area contributed by atoms with Gasteiger partial charge < -0.3 is 4.74 Å². The molecule has 0 radical (unpaired) electrons. The second-order valence-electron chi connectivity index (χ2n) is 10.4. The number of rotatable bonds is 1. The van der Waals surface area contributed by atoms with Crippen LogP contribution in [0.15, 0.2) is 65.9 Å². The molecule has 3 nitrogen and oxygen atoms in total. The van der Waals surface area contributed by atoms with Crippen LogP contribution in [0.4, 0.5) is 0 Å². The summed E-state index contributed by atoms with van der Waals surface area (Å²) in [4.78, 5) is 0. The number of benzene rings is 1. The summed E-state index contributed by atoms with van der Waals surface area (Å²) in [6.45, 7) is 6.81. The number of fused-ring (bicyclic) bond motifs is 2. The molecule has 2 aliphatic heterocycles. The molecule has 2 bridgehead atoms. The van der Waals surface area contributed by atoms with Gasteiger partial charge >= 0.3 is 0 Å². The molecule has 2 aromatic rings. The van der Waals surface area contributed by atoms with Crippen LogP contribution < -0.4 is 0 Å². The Bertz CT molecular complexity index is 1210. The minimum atomic E-state index is -0.121. The molecular formula is C27H28N2O. The molecule has 4 atom stereocenters. The Morgan fingerprint density at radius 3 is 3.07 bits per heavy atom. The molecule has 1 saturated heterocycles. The molecule has 1 unspecified atom stereocenters. The maximum absolute atomic E-state index is 7.23. The first-order valence-electron chi connectivity index (χ1n) is 11.5. The fourth-order valence-electron chi connectivity index (χ4n) is 7.48. The standard InChI is InChI=1S/C27H28N2O/c1-17-3-6-20-14-21-9-10-25(2)22(18-4-5-19-16-28-29-23(19)13-18)7-8-24(25)27(21)12-11-26(20,15-17)30-27/h4-5,7,9,13-14,16,24H,1,3,6,8,10-12,15H2,2H3,(H,28,29)/t24-,25-,26?,27-/m1/s1. The number of aromatic amines is 1. The molecule has 152 valence electrons. The van der Waals surface area contributed by atoms with E-state index < -0.39 is 0 Å². The van der Waals surface area contributed by atoms with Gasteiger partial charge in [-0.25, -0.2) is 0 Å². The van der Waals surface area contributed by atoms with E-state index in [9.17, 15) is 0 Å². The summed E-state index contributed by atoms with van der Waals surface area (Å²) in [6, 6.07) is 6.74. The quantitative estimate of drug-likeness (QED) is 0.577. The molecule has 3 heterocycles. The smallest absolute Gasteiger partial charge is 0.0981 e. The maximum atomic E-state index is 7.23. The third-order valence-corrected chi connectivity index (χ3v) is 8.97. The van der Waals surface area contributed by atoms with Crippen LogP contribution in [-0.2, 0) is 4.74 Å². The summed E-state index contributed by atoms with van der Waals surface area (Å²) >= 11 is 0. The van der Waals surface area contributed by atoms with Crippen LogP contribution in [0.3, 0.4) is 0 Å². The highest BCUT2D eigenvalue weighted by Gasteiger charge is 2.64. The third-order valence-electron chi connectivity index (χ3n) is 8.97. The number of H-pyrrole nitrogens is 1. The second-order valence-corrected chi connectivity index (χ2v) is 10.4. The van der Waals surface area contributed by atoms with Crippen molar-refractivity contribution in [3.05, 3.63) is 71.5 Å². The molecule has 3 aliphatic carbocycles. The fraction of sp³-hybridized carbons (Fsp3) is 0.444. The second kappa shape index (κ2) is 5.45. The van der Waals surface area contributed by atoms with E-state index >= 15 is 0 Å². The Labute approximate surface area is 177 Å². The van der Waals surface area contributed by atoms with Gasteiger partial charge in [-0.1, -0.05) is 49.4 Å². The molecule has 1 aromatic carbocycles. The van der Waals surface area contributed by atoms with E-state index in [2.05, 4.69) is 60.1 Å². The van der Waals surface area contributed by atoms with E-state index in [1.54, 1.807) is 0 Å². The van der Waals surface area contributed by atoms with E-state index in [4.69, 9.17) is 4.74 Å². The van der Waals surface area contributed by atoms with Crippen molar-refractivity contribution >= 4 is 16.5 Å². The van der Waals surface area contributed by atoms with Gasteiger partial charge in [0.15, 0.2) is 0 Å². The SMILES string of the molecule is C=C1CCC2=CC3=CC[C@]4(C)C(c5ccc6cn[nH]c6c5)=CC[C@H]4[C@@]34CCC2(C1)O4. The van der Waals surface area contributed by atoms with Crippen LogP contribution in [0.5, 0.6) is 0 Å². The minimum absolute atomic E-state index is 0.0670. The summed E-state index contributed by atoms with van der Waals surface area (Å²) in [7, 11) is 0. The van der Waals surface area contributed by atoms with E-state index in [1.807, 2.05) is 6.20 Å². The van der Waals surface area contributed by atoms with Crippen molar-refractivity contribution in [2.75, 3.05) is 0 Å². The number of allylic oxidation sites excluding steroid dienone is 3. The van der Waals surface area contributed by atoms with Crippen LogP contribution in [0.1, 0.15) is 57.4 Å². The molecule has 1 N–H and O–H groups in total. The Balaban J connectivity index is 1.33. The monoisotopic (exact) mass is 396 g/mol. The Kier molecular flexibility index (Phi) is 3.14. The van der Waals surface area contributed by atoms with Gasteiger partial charge in [-0.15, -0.1) is 0 Å². The fourth-order valence-corrected chi connectivity index (χ4v) is 7.48. The Morgan fingerprint density at radius 2 is 2.13 bits per heavy atom. The number of hydrogen-bond donors (Lipinski definition) is 1. The van der Waals surface area contributed by atoms with Crippen molar-refractivity contribution in [3.8, 4) is 0 Å². The number of nitrogens with zero attached hydrogens (tertiary/aromatic N) is 1. The van der Waals surface area contributed by atoms with Crippen molar-refractivity contribution in [2.24, 2.45) is 11.3 Å². The van der Waals surface area contributed by atoms with E-state index in [1.165, 1.54) is 33.2 Å². The predicted octanol–water partition coefficient (Wildman–Crippen LogP) is 6.27. The highest BCUT2D eigenvalue weighted by atomic mass is 16.5. The normalized spacial score (nSPS) is 39.2. The molecule has 2 fully saturated rings. The van der Waals surface area contributed by atoms with Gasteiger partial charge in [0.25, 0.3) is 0 Å². The van der Waals surface area contributed by atoms with Crippen molar-refractivity contribution in [3.63, 3.8) is 0 Å². The Hall–Kier alpha value is -2.39. The van der Waals surface area contributed by atoms with Crippen molar-refractivity contribution in [1.82, 2.24) is 10.2 Å². The van der Waals surface area contributed by atoms with Crippen LogP contribution in [0.2, 0.25) is 0 Å².